The molecule has 3 aliphatic rings. The lowest BCUT2D eigenvalue weighted by Gasteiger charge is -2.24. The number of fused-ring (bicyclic) bond motifs is 5. The zero-order valence-corrected chi connectivity index (χ0v) is 19.8. The molecule has 2 N–H and O–H groups in total. The maximum absolute atomic E-state index is 14.8. The fourth-order valence-corrected chi connectivity index (χ4v) is 5.04. The van der Waals surface area contributed by atoms with Crippen LogP contribution >= 0.6 is 0 Å². The molecule has 1 saturated heterocycles. The molecule has 2 atom stereocenters. The average Bonchev–Trinajstić information content (AvgIpc) is 3.18. The monoisotopic (exact) mass is 484 g/mol. The molecule has 6 nitrogen and oxygen atoms in total. The van der Waals surface area contributed by atoms with Crippen LogP contribution in [-0.2, 0) is 11.8 Å². The van der Waals surface area contributed by atoms with E-state index in [1.807, 2.05) is 19.1 Å². The Labute approximate surface area is 200 Å². The molecule has 4 heterocycles. The highest BCUT2D eigenvalue weighted by atomic mass is 19.3. The summed E-state index contributed by atoms with van der Waals surface area (Å²) in [5.74, 6) is -0.553. The lowest BCUT2D eigenvalue weighted by atomic mass is 9.91. The Balaban J connectivity index is 1.62. The molecule has 184 valence electrons. The summed E-state index contributed by atoms with van der Waals surface area (Å²) in [5, 5.41) is 12.1. The topological polar surface area (TPSA) is 68.2 Å². The first-order valence-electron chi connectivity index (χ1n) is 11.6. The molecule has 1 fully saturated rings. The van der Waals surface area contributed by atoms with Gasteiger partial charge in [-0.15, -0.1) is 0 Å². The van der Waals surface area contributed by atoms with E-state index in [0.29, 0.717) is 23.2 Å². The fraction of sp³-hybridized carbons (Fsp3) is 0.385. The van der Waals surface area contributed by atoms with Crippen molar-refractivity contribution in [1.29, 1.82) is 0 Å². The van der Waals surface area contributed by atoms with Gasteiger partial charge in [0.05, 0.1) is 29.7 Å². The summed E-state index contributed by atoms with van der Waals surface area (Å²) in [6.45, 7) is 5.68. The van der Waals surface area contributed by atoms with Crippen LogP contribution in [0, 0.1) is 12.7 Å². The smallest absolute Gasteiger partial charge is 0.274 e. The predicted octanol–water partition coefficient (Wildman–Crippen LogP) is 4.64. The molecule has 0 unspecified atom stereocenters. The van der Waals surface area contributed by atoms with Crippen LogP contribution in [0.2, 0.25) is 0 Å². The molecule has 9 heteroatoms. The lowest BCUT2D eigenvalue weighted by Crippen LogP contribution is -2.25. The first-order valence-corrected chi connectivity index (χ1v) is 11.6. The van der Waals surface area contributed by atoms with Crippen molar-refractivity contribution in [2.75, 3.05) is 25.0 Å². The maximum Gasteiger partial charge on any atom is 0.274 e. The highest BCUT2D eigenvalue weighted by molar-refractivity contribution is 5.96. The first kappa shape index (κ1) is 23.6. The number of nitrogens with one attached hydrogen (secondary N) is 2. The Bertz CT molecular complexity index is 1400. The third kappa shape index (κ3) is 4.23. The van der Waals surface area contributed by atoms with Gasteiger partial charge in [0.1, 0.15) is 5.82 Å². The molecular weight excluding hydrogens is 457 g/mol. The minimum Gasteiger partial charge on any atom is -0.372 e. The number of benzene rings is 2. The normalized spacial score (nSPS) is 18.9. The van der Waals surface area contributed by atoms with Crippen molar-refractivity contribution in [3.63, 3.8) is 0 Å². The van der Waals surface area contributed by atoms with Gasteiger partial charge in [0.25, 0.3) is 12.0 Å². The van der Waals surface area contributed by atoms with E-state index in [2.05, 4.69) is 15.7 Å². The van der Waals surface area contributed by atoms with Crippen molar-refractivity contribution in [3.05, 3.63) is 74.3 Å². The third-order valence-corrected chi connectivity index (χ3v) is 6.87. The second kappa shape index (κ2) is 9.13. The molecule has 0 saturated carbocycles. The van der Waals surface area contributed by atoms with Crippen molar-refractivity contribution in [3.8, 4) is 0 Å². The molecule has 0 aliphatic carbocycles. The van der Waals surface area contributed by atoms with Gasteiger partial charge in [-0.05, 0) is 42.2 Å². The van der Waals surface area contributed by atoms with Crippen molar-refractivity contribution in [2.24, 2.45) is 7.05 Å². The van der Waals surface area contributed by atoms with Crippen LogP contribution in [0.4, 0.5) is 19.0 Å². The first-order chi connectivity index (χ1) is 16.7. The molecule has 6 rings (SSSR count). The van der Waals surface area contributed by atoms with E-state index in [-0.39, 0.29) is 17.2 Å². The number of rotatable bonds is 5. The zero-order valence-electron chi connectivity index (χ0n) is 19.8. The van der Waals surface area contributed by atoms with Crippen LogP contribution in [-0.4, -0.2) is 35.6 Å². The Morgan fingerprint density at radius 3 is 2.80 bits per heavy atom. The number of hydrogen-bond acceptors (Lipinski definition) is 5. The number of ether oxygens (including phenoxy) is 1. The quantitative estimate of drug-likeness (QED) is 0.553. The highest BCUT2D eigenvalue weighted by Gasteiger charge is 2.27. The van der Waals surface area contributed by atoms with Crippen LogP contribution in [0.1, 0.15) is 48.1 Å². The number of aryl methyl sites for hydroxylation is 2. The highest BCUT2D eigenvalue weighted by Crippen LogP contribution is 2.35. The van der Waals surface area contributed by atoms with E-state index in [0.717, 1.165) is 36.7 Å². The van der Waals surface area contributed by atoms with E-state index in [4.69, 9.17) is 4.74 Å². The Hall–Kier alpha value is -3.17. The van der Waals surface area contributed by atoms with Crippen molar-refractivity contribution < 1.29 is 17.9 Å². The van der Waals surface area contributed by atoms with E-state index >= 15 is 0 Å². The second-order valence-electron chi connectivity index (χ2n) is 9.26. The summed E-state index contributed by atoms with van der Waals surface area (Å²) in [6.07, 6.45) is -2.04. The van der Waals surface area contributed by atoms with Crippen LogP contribution < -0.4 is 16.2 Å². The summed E-state index contributed by atoms with van der Waals surface area (Å²) in [4.78, 5) is 13.0. The molecule has 0 radical (unpaired) electrons. The third-order valence-electron chi connectivity index (χ3n) is 6.87. The number of anilines is 1. The van der Waals surface area contributed by atoms with Crippen LogP contribution in [0.15, 0.2) is 40.7 Å². The number of alkyl halides is 2. The number of hydrogen-bond donors (Lipinski definition) is 2. The van der Waals surface area contributed by atoms with Gasteiger partial charge >= 0.3 is 0 Å². The molecule has 3 aliphatic heterocycles. The van der Waals surface area contributed by atoms with E-state index in [1.54, 1.807) is 14.0 Å². The molecule has 2 aromatic carbocycles. The number of nitrogens with zero attached hydrogens (tertiary/aromatic N) is 2. The minimum absolute atomic E-state index is 0.0942. The minimum atomic E-state index is -2.91. The molecule has 1 aromatic heterocycles. The van der Waals surface area contributed by atoms with E-state index in [9.17, 15) is 18.0 Å². The molecule has 35 heavy (non-hydrogen) atoms. The van der Waals surface area contributed by atoms with Gasteiger partial charge in [-0.1, -0.05) is 24.3 Å². The summed E-state index contributed by atoms with van der Waals surface area (Å²) in [5.41, 5.74) is 3.42. The SMILES string of the molecule is Cc1cc(C2=C3CNC[C@H](C2)OC3)cc2c(N[C@H](C)c3cccc(C(F)F)c3F)nn(C)c(=O)c12. The molecule has 3 aromatic rings. The van der Waals surface area contributed by atoms with Crippen molar-refractivity contribution >= 4 is 22.2 Å². The molecule has 2 bridgehead atoms. The summed E-state index contributed by atoms with van der Waals surface area (Å²) in [7, 11) is 1.56. The standard InChI is InChI=1S/C26H27F3N4O2/c1-13-7-15(20-9-17-11-30-10-16(20)12-35-17)8-21-22(13)26(34)33(3)32-25(21)31-14(2)18-5-4-6-19(23(18)27)24(28)29/h4-8,14,17,24,30H,9-12H2,1-3H3,(H,31,32)/t14-,17+/m1/s1. The summed E-state index contributed by atoms with van der Waals surface area (Å²) >= 11 is 0. The predicted molar refractivity (Wildman–Crippen MR) is 129 cm³/mol. The van der Waals surface area contributed by atoms with Gasteiger partial charge in [0, 0.05) is 37.5 Å². The zero-order chi connectivity index (χ0) is 24.9. The van der Waals surface area contributed by atoms with E-state index in [1.165, 1.54) is 28.0 Å². The Morgan fingerprint density at radius 1 is 1.26 bits per heavy atom. The second-order valence-corrected chi connectivity index (χ2v) is 9.26. The van der Waals surface area contributed by atoms with Gasteiger partial charge < -0.3 is 15.4 Å². The van der Waals surface area contributed by atoms with Crippen molar-refractivity contribution in [2.45, 2.75) is 38.8 Å². The number of halogens is 3. The van der Waals surface area contributed by atoms with Crippen LogP contribution in [0.3, 0.4) is 0 Å². The van der Waals surface area contributed by atoms with E-state index < -0.39 is 23.8 Å². The van der Waals surface area contributed by atoms with Gasteiger partial charge in [0.2, 0.25) is 0 Å². The summed E-state index contributed by atoms with van der Waals surface area (Å²) in [6, 6.07) is 7.27. The summed E-state index contributed by atoms with van der Waals surface area (Å²) < 4.78 is 48.4. The fourth-order valence-electron chi connectivity index (χ4n) is 5.04. The van der Waals surface area contributed by atoms with Gasteiger partial charge in [0.15, 0.2) is 5.82 Å². The average molecular weight is 485 g/mol. The Kier molecular flexibility index (Phi) is 6.14. The van der Waals surface area contributed by atoms with Gasteiger partial charge in [-0.2, -0.15) is 5.10 Å². The van der Waals surface area contributed by atoms with Crippen LogP contribution in [0.25, 0.3) is 16.3 Å². The van der Waals surface area contributed by atoms with Gasteiger partial charge in [-0.3, -0.25) is 4.79 Å². The van der Waals surface area contributed by atoms with Crippen LogP contribution in [0.5, 0.6) is 0 Å². The molecule has 0 spiro atoms. The van der Waals surface area contributed by atoms with Crippen molar-refractivity contribution in [1.82, 2.24) is 15.1 Å². The largest absolute Gasteiger partial charge is 0.372 e. The Morgan fingerprint density at radius 2 is 2.03 bits per heavy atom. The molecule has 0 amide bonds. The molecular formula is C26H27F3N4O2. The maximum atomic E-state index is 14.8. The lowest BCUT2D eigenvalue weighted by molar-refractivity contribution is 0.0765. The van der Waals surface area contributed by atoms with Gasteiger partial charge in [-0.25, -0.2) is 17.9 Å². The number of aromatic nitrogens is 2.